The van der Waals surface area contributed by atoms with Crippen molar-refractivity contribution in [3.63, 3.8) is 0 Å². The highest BCUT2D eigenvalue weighted by Gasteiger charge is 2.27. The lowest BCUT2D eigenvalue weighted by Gasteiger charge is -2.25. The molecular formula is C23H27BrN2O3. The molecule has 0 unspecified atom stereocenters. The summed E-state index contributed by atoms with van der Waals surface area (Å²) in [6.07, 6.45) is 2.67. The first-order valence-electron chi connectivity index (χ1n) is 9.92. The van der Waals surface area contributed by atoms with E-state index in [1.165, 1.54) is 12.7 Å². The van der Waals surface area contributed by atoms with Crippen LogP contribution in [0, 0.1) is 0 Å². The molecular weight excluding hydrogens is 432 g/mol. The zero-order valence-corrected chi connectivity index (χ0v) is 18.4. The van der Waals surface area contributed by atoms with Gasteiger partial charge in [-0.1, -0.05) is 40.2 Å². The molecule has 1 heterocycles. The van der Waals surface area contributed by atoms with Crippen molar-refractivity contribution in [3.05, 3.63) is 69.7 Å². The molecule has 6 heteroatoms. The van der Waals surface area contributed by atoms with Gasteiger partial charge in [0.25, 0.3) is 0 Å². The normalized spacial score (nSPS) is 17.7. The van der Waals surface area contributed by atoms with Crippen LogP contribution in [0.2, 0.25) is 0 Å². The van der Waals surface area contributed by atoms with Gasteiger partial charge in [-0.3, -0.25) is 9.69 Å². The molecule has 1 saturated heterocycles. The van der Waals surface area contributed by atoms with Crippen molar-refractivity contribution in [2.24, 2.45) is 0 Å². The second kappa shape index (κ2) is 10.0. The molecule has 0 radical (unpaired) electrons. The van der Waals surface area contributed by atoms with Gasteiger partial charge in [0.05, 0.1) is 18.7 Å². The summed E-state index contributed by atoms with van der Waals surface area (Å²) in [6, 6.07) is 15.6. The third-order valence-corrected chi connectivity index (χ3v) is 5.90. The highest BCUT2D eigenvalue weighted by molar-refractivity contribution is 9.10. The smallest absolute Gasteiger partial charge is 0.337 e. The summed E-state index contributed by atoms with van der Waals surface area (Å²) in [5.74, 6) is -0.305. The highest BCUT2D eigenvalue weighted by atomic mass is 79.9. The van der Waals surface area contributed by atoms with Crippen LogP contribution in [-0.4, -0.2) is 36.5 Å². The minimum Gasteiger partial charge on any atom is -0.465 e. The first-order chi connectivity index (χ1) is 14.0. The van der Waals surface area contributed by atoms with Crippen LogP contribution in [0.4, 0.5) is 0 Å². The minimum atomic E-state index is -0.361. The van der Waals surface area contributed by atoms with E-state index in [4.69, 9.17) is 4.74 Å². The number of hydrogen-bond acceptors (Lipinski definition) is 4. The number of amides is 1. The number of ether oxygens (including phenoxy) is 1. The Balaban J connectivity index is 1.54. The number of esters is 1. The van der Waals surface area contributed by atoms with Gasteiger partial charge < -0.3 is 10.1 Å². The Morgan fingerprint density at radius 2 is 2.00 bits per heavy atom. The lowest BCUT2D eigenvalue weighted by atomic mass is 10.0. The van der Waals surface area contributed by atoms with E-state index in [0.29, 0.717) is 12.0 Å². The number of rotatable bonds is 7. The molecule has 3 rings (SSSR count). The molecule has 29 heavy (non-hydrogen) atoms. The van der Waals surface area contributed by atoms with Crippen molar-refractivity contribution in [2.75, 3.05) is 13.7 Å². The number of hydrogen-bond donors (Lipinski definition) is 1. The van der Waals surface area contributed by atoms with Crippen LogP contribution in [0.15, 0.2) is 53.0 Å². The van der Waals surface area contributed by atoms with Crippen molar-refractivity contribution in [1.29, 1.82) is 0 Å². The van der Waals surface area contributed by atoms with Gasteiger partial charge in [-0.2, -0.15) is 0 Å². The summed E-state index contributed by atoms with van der Waals surface area (Å²) in [4.78, 5) is 26.6. The molecule has 154 valence electrons. The molecule has 0 aromatic heterocycles. The van der Waals surface area contributed by atoms with Gasteiger partial charge in [-0.25, -0.2) is 4.79 Å². The van der Waals surface area contributed by atoms with Crippen LogP contribution in [0.3, 0.4) is 0 Å². The minimum absolute atomic E-state index is 0.0562. The maximum Gasteiger partial charge on any atom is 0.337 e. The van der Waals surface area contributed by atoms with Gasteiger partial charge in [0.1, 0.15) is 0 Å². The van der Waals surface area contributed by atoms with Crippen molar-refractivity contribution < 1.29 is 14.3 Å². The SMILES string of the molecule is COC(=O)c1ccc([C@H](C)NC(=O)C[C@H]2CCCN2Cc2cccc(Br)c2)cc1. The van der Waals surface area contributed by atoms with Crippen LogP contribution in [0.25, 0.3) is 0 Å². The first kappa shape index (κ1) is 21.5. The maximum absolute atomic E-state index is 12.6. The average Bonchev–Trinajstić information content (AvgIpc) is 3.13. The molecule has 1 aliphatic rings. The topological polar surface area (TPSA) is 58.6 Å². The van der Waals surface area contributed by atoms with Gasteiger partial charge in [-0.05, 0) is 61.7 Å². The van der Waals surface area contributed by atoms with E-state index in [1.807, 2.05) is 31.2 Å². The molecule has 2 atom stereocenters. The largest absolute Gasteiger partial charge is 0.465 e. The van der Waals surface area contributed by atoms with Crippen LogP contribution in [0.5, 0.6) is 0 Å². The fraction of sp³-hybridized carbons (Fsp3) is 0.391. The van der Waals surface area contributed by atoms with Gasteiger partial charge in [0, 0.05) is 23.5 Å². The molecule has 1 N–H and O–H groups in total. The van der Waals surface area contributed by atoms with E-state index < -0.39 is 0 Å². The van der Waals surface area contributed by atoms with E-state index in [1.54, 1.807) is 12.1 Å². The zero-order chi connectivity index (χ0) is 20.8. The van der Waals surface area contributed by atoms with Crippen molar-refractivity contribution >= 4 is 27.8 Å². The molecule has 0 saturated carbocycles. The predicted molar refractivity (Wildman–Crippen MR) is 117 cm³/mol. The molecule has 0 spiro atoms. The number of methoxy groups -OCH3 is 1. The monoisotopic (exact) mass is 458 g/mol. The second-order valence-corrected chi connectivity index (χ2v) is 8.42. The van der Waals surface area contributed by atoms with E-state index in [-0.39, 0.29) is 24.0 Å². The summed E-state index contributed by atoms with van der Waals surface area (Å²) in [6.45, 7) is 3.84. The van der Waals surface area contributed by atoms with Crippen LogP contribution in [0.1, 0.15) is 53.7 Å². The Kier molecular flexibility index (Phi) is 7.45. The van der Waals surface area contributed by atoms with E-state index >= 15 is 0 Å². The summed E-state index contributed by atoms with van der Waals surface area (Å²) in [5, 5.41) is 3.09. The third kappa shape index (κ3) is 5.90. The zero-order valence-electron chi connectivity index (χ0n) is 16.9. The number of halogens is 1. The Morgan fingerprint density at radius 1 is 1.24 bits per heavy atom. The molecule has 1 fully saturated rings. The van der Waals surface area contributed by atoms with Gasteiger partial charge in [0.15, 0.2) is 0 Å². The van der Waals surface area contributed by atoms with Gasteiger partial charge >= 0.3 is 5.97 Å². The molecule has 5 nitrogen and oxygen atoms in total. The quantitative estimate of drug-likeness (QED) is 0.621. The number of carbonyl (C=O) groups excluding carboxylic acids is 2. The van der Waals surface area contributed by atoms with Crippen molar-refractivity contribution in [1.82, 2.24) is 10.2 Å². The maximum atomic E-state index is 12.6. The number of likely N-dealkylation sites (tertiary alicyclic amines) is 1. The fourth-order valence-electron chi connectivity index (χ4n) is 3.83. The van der Waals surface area contributed by atoms with E-state index in [9.17, 15) is 9.59 Å². The van der Waals surface area contributed by atoms with Crippen molar-refractivity contribution in [3.8, 4) is 0 Å². The average molecular weight is 459 g/mol. The van der Waals surface area contributed by atoms with Crippen LogP contribution < -0.4 is 5.32 Å². The Bertz CT molecular complexity index is 853. The highest BCUT2D eigenvalue weighted by Crippen LogP contribution is 2.24. The number of benzene rings is 2. The summed E-state index contributed by atoms with van der Waals surface area (Å²) >= 11 is 3.52. The Morgan fingerprint density at radius 3 is 2.69 bits per heavy atom. The number of nitrogens with zero attached hydrogens (tertiary/aromatic N) is 1. The Hall–Kier alpha value is -2.18. The lowest BCUT2D eigenvalue weighted by Crippen LogP contribution is -2.36. The second-order valence-electron chi connectivity index (χ2n) is 7.50. The molecule has 0 bridgehead atoms. The van der Waals surface area contributed by atoms with E-state index in [2.05, 4.69) is 38.3 Å². The van der Waals surface area contributed by atoms with Gasteiger partial charge in [0.2, 0.25) is 5.91 Å². The lowest BCUT2D eigenvalue weighted by molar-refractivity contribution is -0.122. The molecule has 1 aliphatic heterocycles. The molecule has 0 aliphatic carbocycles. The standard InChI is InChI=1S/C23H27BrN2O3/c1-16(18-8-10-19(11-9-18)23(28)29-2)25-22(27)14-21-7-4-12-26(21)15-17-5-3-6-20(24)13-17/h3,5-6,8-11,13,16,21H,4,7,12,14-15H2,1-2H3,(H,25,27)/t16-,21+/m0/s1. The first-order valence-corrected chi connectivity index (χ1v) is 10.7. The summed E-state index contributed by atoms with van der Waals surface area (Å²) in [7, 11) is 1.36. The Labute approximate surface area is 180 Å². The fourth-order valence-corrected chi connectivity index (χ4v) is 4.27. The summed E-state index contributed by atoms with van der Waals surface area (Å²) < 4.78 is 5.80. The van der Waals surface area contributed by atoms with Crippen LogP contribution >= 0.6 is 15.9 Å². The van der Waals surface area contributed by atoms with Gasteiger partial charge in [-0.15, -0.1) is 0 Å². The molecule has 2 aromatic rings. The number of nitrogens with one attached hydrogen (secondary N) is 1. The van der Waals surface area contributed by atoms with E-state index in [0.717, 1.165) is 36.0 Å². The molecule has 1 amide bonds. The summed E-state index contributed by atoms with van der Waals surface area (Å²) in [5.41, 5.74) is 2.72. The third-order valence-electron chi connectivity index (χ3n) is 5.40. The predicted octanol–water partition coefficient (Wildman–Crippen LogP) is 4.47. The van der Waals surface area contributed by atoms with Crippen LogP contribution in [-0.2, 0) is 16.1 Å². The van der Waals surface area contributed by atoms with Crippen molar-refractivity contribution in [2.45, 2.75) is 44.8 Å². The molecule has 2 aromatic carbocycles. The number of carbonyl (C=O) groups is 2.